The Hall–Kier alpha value is -0.610. The number of hydrogen-bond acceptors (Lipinski definition) is 3. The highest BCUT2D eigenvalue weighted by Crippen LogP contribution is 2.39. The lowest BCUT2D eigenvalue weighted by Gasteiger charge is -2.34. The van der Waals surface area contributed by atoms with Gasteiger partial charge in [0.2, 0.25) is 0 Å². The van der Waals surface area contributed by atoms with Gasteiger partial charge in [0.15, 0.2) is 0 Å². The molecule has 0 saturated carbocycles. The number of carboxylic acids is 1. The first-order valence-electron chi connectivity index (χ1n) is 3.94. The summed E-state index contributed by atoms with van der Waals surface area (Å²) < 4.78 is 5.01. The number of aliphatic carboxylic acids is 1. The first-order valence-corrected chi connectivity index (χ1v) is 3.94. The Morgan fingerprint density at radius 3 is 2.33 bits per heavy atom. The van der Waals surface area contributed by atoms with E-state index in [0.29, 0.717) is 13.0 Å². The molecule has 0 aromatic heterocycles. The molecule has 4 nitrogen and oxygen atoms in total. The Morgan fingerprint density at radius 1 is 1.58 bits per heavy atom. The predicted octanol–water partition coefficient (Wildman–Crippen LogP) is 0.249. The van der Waals surface area contributed by atoms with Crippen molar-refractivity contribution in [1.82, 2.24) is 0 Å². The number of rotatable bonds is 2. The van der Waals surface area contributed by atoms with Crippen LogP contribution in [-0.2, 0) is 9.53 Å². The molecule has 1 aliphatic rings. The van der Waals surface area contributed by atoms with Crippen LogP contribution in [0.1, 0.15) is 20.3 Å². The zero-order chi connectivity index (χ0) is 9.41. The second-order valence-corrected chi connectivity index (χ2v) is 3.75. The molecule has 1 heterocycles. The summed E-state index contributed by atoms with van der Waals surface area (Å²) in [7, 11) is 0. The van der Waals surface area contributed by atoms with E-state index in [2.05, 4.69) is 0 Å². The molecule has 1 atom stereocenters. The van der Waals surface area contributed by atoms with E-state index in [9.17, 15) is 9.90 Å². The summed E-state index contributed by atoms with van der Waals surface area (Å²) in [6.45, 7) is 3.54. The van der Waals surface area contributed by atoms with E-state index in [1.807, 2.05) is 0 Å². The van der Waals surface area contributed by atoms with Crippen molar-refractivity contribution in [1.29, 1.82) is 0 Å². The van der Waals surface area contributed by atoms with E-state index in [0.717, 1.165) is 0 Å². The first kappa shape index (κ1) is 9.48. The van der Waals surface area contributed by atoms with E-state index < -0.39 is 17.0 Å². The maximum absolute atomic E-state index is 10.9. The third-order valence-corrected chi connectivity index (χ3v) is 2.60. The van der Waals surface area contributed by atoms with Crippen molar-refractivity contribution in [3.63, 3.8) is 0 Å². The molecule has 0 spiro atoms. The molecule has 12 heavy (non-hydrogen) atoms. The molecule has 1 aliphatic heterocycles. The second-order valence-electron chi connectivity index (χ2n) is 3.75. The van der Waals surface area contributed by atoms with Crippen molar-refractivity contribution < 1.29 is 19.7 Å². The van der Waals surface area contributed by atoms with Gasteiger partial charge in [-0.1, -0.05) is 0 Å². The lowest BCUT2D eigenvalue weighted by molar-refractivity contribution is -0.165. The minimum atomic E-state index is -1.23. The molecule has 0 aliphatic carbocycles. The van der Waals surface area contributed by atoms with Crippen LogP contribution in [0.25, 0.3) is 0 Å². The van der Waals surface area contributed by atoms with Gasteiger partial charge >= 0.3 is 5.97 Å². The minimum absolute atomic E-state index is 0.103. The lowest BCUT2D eigenvalue weighted by atomic mass is 9.73. The van der Waals surface area contributed by atoms with Gasteiger partial charge in [0, 0.05) is 6.61 Å². The summed E-state index contributed by atoms with van der Waals surface area (Å²) in [5.74, 6) is -0.979. The molecule has 0 bridgehead atoms. The van der Waals surface area contributed by atoms with Crippen molar-refractivity contribution in [3.05, 3.63) is 0 Å². The number of ether oxygens (including phenoxy) is 1. The fourth-order valence-electron chi connectivity index (χ4n) is 1.48. The van der Waals surface area contributed by atoms with E-state index >= 15 is 0 Å². The average molecular weight is 174 g/mol. The standard InChI is InChI=1S/C8H14O4/c1-7(2,11)8(6(9)10)3-4-12-5-8/h11H,3-5H2,1-2H3,(H,9,10). The van der Waals surface area contributed by atoms with Crippen molar-refractivity contribution in [2.75, 3.05) is 13.2 Å². The first-order chi connectivity index (χ1) is 5.40. The molecule has 1 fully saturated rings. The smallest absolute Gasteiger partial charge is 0.315 e. The quantitative estimate of drug-likeness (QED) is 0.629. The molecule has 1 saturated heterocycles. The minimum Gasteiger partial charge on any atom is -0.481 e. The third-order valence-electron chi connectivity index (χ3n) is 2.60. The molecule has 0 amide bonds. The molecule has 0 aromatic carbocycles. The molecular formula is C8H14O4. The number of aliphatic hydroxyl groups is 1. The van der Waals surface area contributed by atoms with E-state index in [1.54, 1.807) is 0 Å². The Morgan fingerprint density at radius 2 is 2.17 bits per heavy atom. The molecule has 0 aromatic rings. The van der Waals surface area contributed by atoms with Gasteiger partial charge in [0.1, 0.15) is 5.41 Å². The van der Waals surface area contributed by atoms with Crippen LogP contribution in [0.5, 0.6) is 0 Å². The number of carbonyl (C=O) groups is 1. The van der Waals surface area contributed by atoms with Crippen LogP contribution in [0.4, 0.5) is 0 Å². The number of carboxylic acid groups (broad SMARTS) is 1. The van der Waals surface area contributed by atoms with E-state index in [-0.39, 0.29) is 6.61 Å². The maximum Gasteiger partial charge on any atom is 0.315 e. The highest BCUT2D eigenvalue weighted by molar-refractivity contribution is 5.76. The van der Waals surface area contributed by atoms with Gasteiger partial charge in [0.05, 0.1) is 12.2 Å². The van der Waals surface area contributed by atoms with Crippen LogP contribution >= 0.6 is 0 Å². The van der Waals surface area contributed by atoms with Crippen molar-refractivity contribution in [2.45, 2.75) is 25.9 Å². The van der Waals surface area contributed by atoms with Gasteiger partial charge in [0.25, 0.3) is 0 Å². The Balaban J connectivity index is 2.94. The van der Waals surface area contributed by atoms with Crippen LogP contribution in [0.3, 0.4) is 0 Å². The maximum atomic E-state index is 10.9. The largest absolute Gasteiger partial charge is 0.481 e. The summed E-state index contributed by atoms with van der Waals surface area (Å²) >= 11 is 0. The summed E-state index contributed by atoms with van der Waals surface area (Å²) in [6.07, 6.45) is 0.381. The molecule has 70 valence electrons. The summed E-state index contributed by atoms with van der Waals surface area (Å²) in [6, 6.07) is 0. The lowest BCUT2D eigenvalue weighted by Crippen LogP contribution is -2.50. The van der Waals surface area contributed by atoms with Gasteiger partial charge < -0.3 is 14.9 Å². The van der Waals surface area contributed by atoms with Gasteiger partial charge in [-0.05, 0) is 20.3 Å². The van der Waals surface area contributed by atoms with Crippen LogP contribution in [0, 0.1) is 5.41 Å². The summed E-state index contributed by atoms with van der Waals surface area (Å²) in [5.41, 5.74) is -2.34. The van der Waals surface area contributed by atoms with Gasteiger partial charge in [-0.3, -0.25) is 4.79 Å². The van der Waals surface area contributed by atoms with Crippen LogP contribution in [0.15, 0.2) is 0 Å². The molecule has 4 heteroatoms. The van der Waals surface area contributed by atoms with Crippen molar-refractivity contribution in [2.24, 2.45) is 5.41 Å². The van der Waals surface area contributed by atoms with E-state index in [4.69, 9.17) is 9.84 Å². The van der Waals surface area contributed by atoms with Crippen LogP contribution < -0.4 is 0 Å². The Bertz CT molecular complexity index is 186. The normalized spacial score (nSPS) is 30.6. The summed E-state index contributed by atoms with van der Waals surface area (Å²) in [5, 5.41) is 18.6. The molecule has 2 N–H and O–H groups in total. The SMILES string of the molecule is CC(C)(O)C1(C(=O)O)CCOC1. The predicted molar refractivity (Wildman–Crippen MR) is 41.8 cm³/mol. The summed E-state index contributed by atoms with van der Waals surface area (Å²) in [4.78, 5) is 10.9. The van der Waals surface area contributed by atoms with Gasteiger partial charge in [-0.25, -0.2) is 0 Å². The second kappa shape index (κ2) is 2.71. The van der Waals surface area contributed by atoms with Crippen molar-refractivity contribution in [3.8, 4) is 0 Å². The van der Waals surface area contributed by atoms with Gasteiger partial charge in [-0.2, -0.15) is 0 Å². The topological polar surface area (TPSA) is 66.8 Å². The fraction of sp³-hybridized carbons (Fsp3) is 0.875. The Kier molecular flexibility index (Phi) is 2.14. The van der Waals surface area contributed by atoms with Crippen LogP contribution in [0.2, 0.25) is 0 Å². The highest BCUT2D eigenvalue weighted by Gasteiger charge is 2.53. The third kappa shape index (κ3) is 1.21. The molecule has 1 rings (SSSR count). The Labute approximate surface area is 71.2 Å². The molecule has 0 radical (unpaired) electrons. The zero-order valence-electron chi connectivity index (χ0n) is 7.33. The molecular weight excluding hydrogens is 160 g/mol. The molecule has 1 unspecified atom stereocenters. The van der Waals surface area contributed by atoms with Crippen molar-refractivity contribution >= 4 is 5.97 Å². The fourth-order valence-corrected chi connectivity index (χ4v) is 1.48. The number of hydrogen-bond donors (Lipinski definition) is 2. The average Bonchev–Trinajstić information content (AvgIpc) is 2.31. The highest BCUT2D eigenvalue weighted by atomic mass is 16.5. The monoisotopic (exact) mass is 174 g/mol. The van der Waals surface area contributed by atoms with E-state index in [1.165, 1.54) is 13.8 Å². The van der Waals surface area contributed by atoms with Gasteiger partial charge in [-0.15, -0.1) is 0 Å². The van der Waals surface area contributed by atoms with Crippen LogP contribution in [-0.4, -0.2) is 35.0 Å². The zero-order valence-corrected chi connectivity index (χ0v) is 7.33.